The Labute approximate surface area is 104 Å². The van der Waals surface area contributed by atoms with E-state index in [-0.39, 0.29) is 6.61 Å². The van der Waals surface area contributed by atoms with Gasteiger partial charge in [0.25, 0.3) is 0 Å². The largest absolute Gasteiger partial charge is 0.448 e. The van der Waals surface area contributed by atoms with Crippen LogP contribution in [0.1, 0.15) is 0 Å². The van der Waals surface area contributed by atoms with Crippen molar-refractivity contribution in [3.63, 3.8) is 0 Å². The van der Waals surface area contributed by atoms with E-state index in [1.54, 1.807) is 12.4 Å². The molecule has 6 nitrogen and oxygen atoms in total. The summed E-state index contributed by atoms with van der Waals surface area (Å²) in [6, 6.07) is 5.54. The highest BCUT2D eigenvalue weighted by molar-refractivity contribution is 6.00. The minimum Gasteiger partial charge on any atom is -0.448 e. The number of benzene rings is 1. The molecule has 18 heavy (non-hydrogen) atoms. The number of nitrogens with two attached hydrogens (primary N) is 2. The summed E-state index contributed by atoms with van der Waals surface area (Å²) >= 11 is 0. The molecule has 1 heterocycles. The minimum atomic E-state index is -0.777. The van der Waals surface area contributed by atoms with Crippen molar-refractivity contribution in [2.75, 3.05) is 24.2 Å². The highest BCUT2D eigenvalue weighted by atomic mass is 16.5. The molecule has 1 aromatic heterocycles. The van der Waals surface area contributed by atoms with Crippen LogP contribution in [0.15, 0.2) is 30.6 Å². The van der Waals surface area contributed by atoms with Gasteiger partial charge in [-0.25, -0.2) is 4.79 Å². The number of amides is 1. The maximum Gasteiger partial charge on any atom is 0.404 e. The fourth-order valence-electron chi connectivity index (χ4n) is 1.70. The summed E-state index contributed by atoms with van der Waals surface area (Å²) in [7, 11) is 0. The second-order valence-electron chi connectivity index (χ2n) is 3.72. The molecular weight excluding hydrogens is 232 g/mol. The second-order valence-corrected chi connectivity index (χ2v) is 3.72. The lowest BCUT2D eigenvalue weighted by Gasteiger charge is -2.10. The topological polar surface area (TPSA) is 103 Å². The molecule has 0 fully saturated rings. The van der Waals surface area contributed by atoms with E-state index in [9.17, 15) is 4.79 Å². The van der Waals surface area contributed by atoms with Crippen molar-refractivity contribution in [3.8, 4) is 0 Å². The Balaban J connectivity index is 2.14. The Morgan fingerprint density at radius 2 is 2.17 bits per heavy atom. The second kappa shape index (κ2) is 5.22. The molecule has 1 aromatic carbocycles. The Morgan fingerprint density at radius 3 is 2.94 bits per heavy atom. The molecule has 94 valence electrons. The third-order valence-corrected chi connectivity index (χ3v) is 2.51. The SMILES string of the molecule is NC(=O)OCCNc1ccc(N)c2ccncc12. The van der Waals surface area contributed by atoms with Gasteiger partial charge in [0.1, 0.15) is 6.61 Å². The molecule has 0 aliphatic heterocycles. The average Bonchev–Trinajstić information content (AvgIpc) is 2.37. The average molecular weight is 246 g/mol. The van der Waals surface area contributed by atoms with Gasteiger partial charge in [-0.05, 0) is 18.2 Å². The fraction of sp³-hybridized carbons (Fsp3) is 0.167. The van der Waals surface area contributed by atoms with Crippen molar-refractivity contribution >= 4 is 28.2 Å². The van der Waals surface area contributed by atoms with Gasteiger partial charge in [-0.2, -0.15) is 0 Å². The monoisotopic (exact) mass is 246 g/mol. The third kappa shape index (κ3) is 2.60. The van der Waals surface area contributed by atoms with Gasteiger partial charge in [0, 0.05) is 41.1 Å². The van der Waals surface area contributed by atoms with Gasteiger partial charge in [0.05, 0.1) is 0 Å². The molecule has 0 bridgehead atoms. The van der Waals surface area contributed by atoms with Crippen LogP contribution in [0.2, 0.25) is 0 Å². The molecule has 6 heteroatoms. The lowest BCUT2D eigenvalue weighted by molar-refractivity contribution is 0.161. The number of carbonyl (C=O) groups is 1. The van der Waals surface area contributed by atoms with Crippen molar-refractivity contribution in [2.24, 2.45) is 5.73 Å². The van der Waals surface area contributed by atoms with E-state index < -0.39 is 6.09 Å². The first kappa shape index (κ1) is 12.0. The number of hydrogen-bond acceptors (Lipinski definition) is 5. The summed E-state index contributed by atoms with van der Waals surface area (Å²) in [6.07, 6.45) is 2.65. The van der Waals surface area contributed by atoms with Crippen molar-refractivity contribution in [3.05, 3.63) is 30.6 Å². The summed E-state index contributed by atoms with van der Waals surface area (Å²) < 4.78 is 4.64. The highest BCUT2D eigenvalue weighted by Gasteiger charge is 2.03. The van der Waals surface area contributed by atoms with Crippen LogP contribution >= 0.6 is 0 Å². The number of nitrogens with zero attached hydrogens (tertiary/aromatic N) is 1. The number of fused-ring (bicyclic) bond motifs is 1. The van der Waals surface area contributed by atoms with Gasteiger partial charge in [0.15, 0.2) is 0 Å². The van der Waals surface area contributed by atoms with Gasteiger partial charge in [0.2, 0.25) is 0 Å². The number of pyridine rings is 1. The van der Waals surface area contributed by atoms with Crippen molar-refractivity contribution in [1.82, 2.24) is 4.98 Å². The molecule has 2 rings (SSSR count). The van der Waals surface area contributed by atoms with E-state index in [0.29, 0.717) is 12.2 Å². The molecule has 0 spiro atoms. The van der Waals surface area contributed by atoms with Crippen LogP contribution in [-0.2, 0) is 4.74 Å². The molecule has 5 N–H and O–H groups in total. The van der Waals surface area contributed by atoms with Crippen molar-refractivity contribution in [2.45, 2.75) is 0 Å². The number of rotatable bonds is 4. The summed E-state index contributed by atoms with van der Waals surface area (Å²) in [5, 5.41) is 5.01. The van der Waals surface area contributed by atoms with E-state index in [2.05, 4.69) is 15.0 Å². The molecule has 0 saturated heterocycles. The van der Waals surface area contributed by atoms with Crippen LogP contribution < -0.4 is 16.8 Å². The maximum atomic E-state index is 10.4. The zero-order valence-electron chi connectivity index (χ0n) is 9.72. The van der Waals surface area contributed by atoms with Crippen molar-refractivity contribution in [1.29, 1.82) is 0 Å². The first-order chi connectivity index (χ1) is 8.68. The fourth-order valence-corrected chi connectivity index (χ4v) is 1.70. The summed E-state index contributed by atoms with van der Waals surface area (Å²) in [5.41, 5.74) is 12.3. The van der Waals surface area contributed by atoms with Crippen LogP contribution in [-0.4, -0.2) is 24.2 Å². The normalized spacial score (nSPS) is 10.2. The summed E-state index contributed by atoms with van der Waals surface area (Å²) in [5.74, 6) is 0. The van der Waals surface area contributed by atoms with Gasteiger partial charge >= 0.3 is 6.09 Å². The van der Waals surface area contributed by atoms with E-state index in [1.165, 1.54) is 0 Å². The van der Waals surface area contributed by atoms with Gasteiger partial charge in [-0.1, -0.05) is 0 Å². The first-order valence-corrected chi connectivity index (χ1v) is 5.47. The van der Waals surface area contributed by atoms with Gasteiger partial charge < -0.3 is 21.5 Å². The van der Waals surface area contributed by atoms with Crippen LogP contribution in [0.3, 0.4) is 0 Å². The standard InChI is InChI=1S/C12H14N4O2/c13-10-1-2-11(16-5-6-18-12(14)17)9-7-15-4-3-8(9)10/h1-4,7,16H,5-6,13H2,(H2,14,17). The number of primary amides is 1. The summed E-state index contributed by atoms with van der Waals surface area (Å²) in [6.45, 7) is 0.679. The predicted molar refractivity (Wildman–Crippen MR) is 70.2 cm³/mol. The molecule has 0 radical (unpaired) electrons. The lowest BCUT2D eigenvalue weighted by atomic mass is 10.1. The number of carbonyl (C=O) groups excluding carboxylic acids is 1. The summed E-state index contributed by atoms with van der Waals surface area (Å²) in [4.78, 5) is 14.5. The van der Waals surface area contributed by atoms with Crippen LogP contribution in [0, 0.1) is 0 Å². The van der Waals surface area contributed by atoms with Gasteiger partial charge in [-0.3, -0.25) is 4.98 Å². The maximum absolute atomic E-state index is 10.4. The molecule has 0 atom stereocenters. The third-order valence-electron chi connectivity index (χ3n) is 2.51. The molecule has 0 unspecified atom stereocenters. The van der Waals surface area contributed by atoms with Gasteiger partial charge in [-0.15, -0.1) is 0 Å². The number of nitrogens with one attached hydrogen (secondary N) is 1. The Hall–Kier alpha value is -2.50. The lowest BCUT2D eigenvalue weighted by Crippen LogP contribution is -2.18. The van der Waals surface area contributed by atoms with Crippen LogP contribution in [0.4, 0.5) is 16.2 Å². The van der Waals surface area contributed by atoms with Crippen LogP contribution in [0.5, 0.6) is 0 Å². The number of anilines is 2. The predicted octanol–water partition coefficient (Wildman–Crippen LogP) is 1.32. The molecule has 2 aromatic rings. The van der Waals surface area contributed by atoms with Crippen molar-refractivity contribution < 1.29 is 9.53 Å². The number of aromatic nitrogens is 1. The molecule has 0 aliphatic carbocycles. The minimum absolute atomic E-state index is 0.210. The Bertz CT molecular complexity index is 571. The van der Waals surface area contributed by atoms with E-state index in [0.717, 1.165) is 16.5 Å². The van der Waals surface area contributed by atoms with E-state index >= 15 is 0 Å². The zero-order valence-corrected chi connectivity index (χ0v) is 9.72. The van der Waals surface area contributed by atoms with E-state index in [1.807, 2.05) is 18.2 Å². The van der Waals surface area contributed by atoms with Crippen LogP contribution in [0.25, 0.3) is 10.8 Å². The smallest absolute Gasteiger partial charge is 0.404 e. The molecule has 0 aliphatic rings. The number of ether oxygens (including phenoxy) is 1. The quantitative estimate of drug-likeness (QED) is 0.557. The molecular formula is C12H14N4O2. The molecule has 0 saturated carbocycles. The number of hydrogen-bond donors (Lipinski definition) is 3. The highest BCUT2D eigenvalue weighted by Crippen LogP contribution is 2.27. The first-order valence-electron chi connectivity index (χ1n) is 5.47. The molecule has 1 amide bonds. The zero-order chi connectivity index (χ0) is 13.0. The van der Waals surface area contributed by atoms with E-state index in [4.69, 9.17) is 11.5 Å². The Morgan fingerprint density at radius 1 is 1.33 bits per heavy atom. The number of nitrogen functional groups attached to an aromatic ring is 1. The Kier molecular flexibility index (Phi) is 3.47.